The minimum absolute atomic E-state index is 0. The van der Waals surface area contributed by atoms with Crippen LogP contribution in [-0.2, 0) is 11.8 Å². The van der Waals surface area contributed by atoms with E-state index >= 15 is 0 Å². The van der Waals surface area contributed by atoms with E-state index in [9.17, 15) is 0 Å². The van der Waals surface area contributed by atoms with Crippen molar-refractivity contribution in [2.75, 3.05) is 19.0 Å². The van der Waals surface area contributed by atoms with E-state index in [0.29, 0.717) is 0 Å². The third kappa shape index (κ3) is 2.79. The maximum atomic E-state index is 2.33. The summed E-state index contributed by atoms with van der Waals surface area (Å²) in [5.74, 6) is 0. The maximum Gasteiger partial charge on any atom is 0.217 e. The van der Waals surface area contributed by atoms with Crippen molar-refractivity contribution in [2.45, 2.75) is 32.6 Å². The Morgan fingerprint density at radius 2 is 1.72 bits per heavy atom. The lowest BCUT2D eigenvalue weighted by Gasteiger charge is -2.23. The van der Waals surface area contributed by atoms with Gasteiger partial charge in [0.05, 0.1) is 0 Å². The lowest BCUT2D eigenvalue weighted by atomic mass is 9.81. The summed E-state index contributed by atoms with van der Waals surface area (Å²) in [7, 11) is 4.20. The molecule has 0 unspecified atom stereocenters. The summed E-state index contributed by atoms with van der Waals surface area (Å²) in [6.45, 7) is 6.98. The molecule has 0 spiro atoms. The molecule has 0 saturated heterocycles. The number of pyridine rings is 2. The van der Waals surface area contributed by atoms with Gasteiger partial charge in [-0.25, -0.2) is 0 Å². The highest BCUT2D eigenvalue weighted by molar-refractivity contribution is 5.84. The molecule has 1 aliphatic rings. The molecule has 0 radical (unpaired) electrons. The molecule has 0 saturated carbocycles. The first-order valence-corrected chi connectivity index (χ1v) is 8.63. The first kappa shape index (κ1) is 17.8. The zero-order chi connectivity index (χ0) is 17.1. The van der Waals surface area contributed by atoms with Crippen molar-refractivity contribution >= 4 is 11.2 Å². The molecular formula is C22H25ClN2. The fourth-order valence-corrected chi connectivity index (χ4v) is 3.94. The van der Waals surface area contributed by atoms with E-state index < -0.39 is 0 Å². The smallest absolute Gasteiger partial charge is 0.217 e. The predicted molar refractivity (Wildman–Crippen MR) is 101 cm³/mol. The zero-order valence-corrected chi connectivity index (χ0v) is 16.4. The average molecular weight is 353 g/mol. The number of benzene rings is 1. The van der Waals surface area contributed by atoms with Gasteiger partial charge in [-0.05, 0) is 16.5 Å². The Hall–Kier alpha value is -2.06. The van der Waals surface area contributed by atoms with Gasteiger partial charge < -0.3 is 17.3 Å². The SMILES string of the molecule is CN(C)c1cc[n+]2cc3c(c(C(C)(C)C)c2c1)-c1ccccc1C3.[Cl-]. The Morgan fingerprint density at radius 3 is 2.40 bits per heavy atom. The third-order valence-corrected chi connectivity index (χ3v) is 5.02. The van der Waals surface area contributed by atoms with E-state index in [0.717, 1.165) is 6.42 Å². The van der Waals surface area contributed by atoms with Gasteiger partial charge in [0.1, 0.15) is 0 Å². The standard InChI is InChI=1S/C22H25N2.ClH/c1-22(2,3)21-19-13-17(23(4)5)10-11-24(19)14-16-12-15-8-6-7-9-18(15)20(16)21;/h6-11,13-14H,12H2,1-5H3;1H/q+1;/p-1. The van der Waals surface area contributed by atoms with Gasteiger partial charge >= 0.3 is 0 Å². The van der Waals surface area contributed by atoms with Crippen LogP contribution < -0.4 is 21.7 Å². The van der Waals surface area contributed by atoms with Gasteiger partial charge in [0.2, 0.25) is 5.52 Å². The highest BCUT2D eigenvalue weighted by Gasteiger charge is 2.33. The molecule has 1 aromatic carbocycles. The Labute approximate surface area is 156 Å². The molecule has 1 aliphatic carbocycles. The van der Waals surface area contributed by atoms with E-state index in [2.05, 4.69) is 93.0 Å². The Morgan fingerprint density at radius 1 is 1.00 bits per heavy atom. The molecule has 4 rings (SSSR count). The number of fused-ring (bicyclic) bond motifs is 4. The summed E-state index contributed by atoms with van der Waals surface area (Å²) < 4.78 is 2.30. The Balaban J connectivity index is 0.00000182. The monoisotopic (exact) mass is 352 g/mol. The van der Waals surface area contributed by atoms with Crippen LogP contribution in [0.15, 0.2) is 48.8 Å². The molecule has 0 bridgehead atoms. The maximum absolute atomic E-state index is 2.33. The van der Waals surface area contributed by atoms with Crippen molar-refractivity contribution < 1.29 is 16.8 Å². The number of nitrogens with zero attached hydrogens (tertiary/aromatic N) is 2. The van der Waals surface area contributed by atoms with Crippen molar-refractivity contribution in [2.24, 2.45) is 0 Å². The quantitative estimate of drug-likeness (QED) is 0.469. The van der Waals surface area contributed by atoms with Crippen LogP contribution in [0.2, 0.25) is 0 Å². The topological polar surface area (TPSA) is 7.34 Å². The van der Waals surface area contributed by atoms with E-state index in [1.807, 2.05) is 0 Å². The number of hydrogen-bond acceptors (Lipinski definition) is 1. The molecule has 3 aromatic rings. The number of halogens is 1. The lowest BCUT2D eigenvalue weighted by molar-refractivity contribution is -0.512. The highest BCUT2D eigenvalue weighted by Crippen LogP contribution is 2.43. The summed E-state index contributed by atoms with van der Waals surface area (Å²) in [4.78, 5) is 2.17. The molecule has 3 heteroatoms. The van der Waals surface area contributed by atoms with Crippen LogP contribution in [0.25, 0.3) is 16.6 Å². The summed E-state index contributed by atoms with van der Waals surface area (Å²) >= 11 is 0. The van der Waals surface area contributed by atoms with E-state index in [1.165, 1.54) is 39.0 Å². The van der Waals surface area contributed by atoms with Gasteiger partial charge in [-0.15, -0.1) is 0 Å². The van der Waals surface area contributed by atoms with Crippen LogP contribution in [0, 0.1) is 0 Å². The molecule has 2 heterocycles. The average Bonchev–Trinajstić information content (AvgIpc) is 2.88. The molecule has 0 aliphatic heterocycles. The first-order chi connectivity index (χ1) is 11.4. The van der Waals surface area contributed by atoms with Crippen molar-refractivity contribution in [3.05, 3.63) is 65.5 Å². The second-order valence-corrected chi connectivity index (χ2v) is 8.06. The fourth-order valence-electron chi connectivity index (χ4n) is 3.94. The highest BCUT2D eigenvalue weighted by atomic mass is 35.5. The van der Waals surface area contributed by atoms with Crippen molar-refractivity contribution in [1.82, 2.24) is 0 Å². The van der Waals surface area contributed by atoms with Crippen LogP contribution in [0.4, 0.5) is 5.69 Å². The number of rotatable bonds is 1. The number of hydrogen-bond donors (Lipinski definition) is 0. The fraction of sp³-hybridized carbons (Fsp3) is 0.318. The number of anilines is 1. The van der Waals surface area contributed by atoms with E-state index in [-0.39, 0.29) is 17.8 Å². The largest absolute Gasteiger partial charge is 1.00 e. The zero-order valence-electron chi connectivity index (χ0n) is 15.6. The van der Waals surface area contributed by atoms with Gasteiger partial charge in [-0.3, -0.25) is 0 Å². The normalized spacial score (nSPS) is 12.5. The molecule has 0 N–H and O–H groups in total. The number of aromatic nitrogens is 1. The van der Waals surface area contributed by atoms with Crippen molar-refractivity contribution in [1.29, 1.82) is 0 Å². The Bertz CT molecular complexity index is 952. The van der Waals surface area contributed by atoms with Crippen molar-refractivity contribution in [3.8, 4) is 11.1 Å². The van der Waals surface area contributed by atoms with Crippen LogP contribution in [0.5, 0.6) is 0 Å². The predicted octanol–water partition coefficient (Wildman–Crippen LogP) is 1.36. The molecule has 2 nitrogen and oxygen atoms in total. The summed E-state index contributed by atoms with van der Waals surface area (Å²) in [5.41, 5.74) is 9.84. The minimum Gasteiger partial charge on any atom is -1.00 e. The summed E-state index contributed by atoms with van der Waals surface area (Å²) in [5, 5.41) is 0. The third-order valence-electron chi connectivity index (χ3n) is 5.02. The van der Waals surface area contributed by atoms with Gasteiger partial charge in [-0.1, -0.05) is 45.0 Å². The van der Waals surface area contributed by atoms with Crippen LogP contribution in [0.3, 0.4) is 0 Å². The Kier molecular flexibility index (Phi) is 4.28. The van der Waals surface area contributed by atoms with Gasteiger partial charge in [0.15, 0.2) is 12.4 Å². The first-order valence-electron chi connectivity index (χ1n) is 8.63. The molecule has 0 atom stereocenters. The van der Waals surface area contributed by atoms with E-state index in [1.54, 1.807) is 0 Å². The lowest BCUT2D eigenvalue weighted by Crippen LogP contribution is -3.00. The molecule has 130 valence electrons. The molecule has 0 fully saturated rings. The van der Waals surface area contributed by atoms with E-state index in [4.69, 9.17) is 0 Å². The summed E-state index contributed by atoms with van der Waals surface area (Å²) in [6.07, 6.45) is 5.55. The van der Waals surface area contributed by atoms with Gasteiger partial charge in [0.25, 0.3) is 0 Å². The molecular weight excluding hydrogens is 328 g/mol. The van der Waals surface area contributed by atoms with Crippen LogP contribution in [-0.4, -0.2) is 14.1 Å². The molecule has 2 aromatic heterocycles. The van der Waals surface area contributed by atoms with Gasteiger partial charge in [-0.2, -0.15) is 4.40 Å². The molecule has 25 heavy (non-hydrogen) atoms. The second kappa shape index (κ2) is 6.03. The van der Waals surface area contributed by atoms with Gasteiger partial charge in [0, 0.05) is 55.0 Å². The molecule has 0 amide bonds. The van der Waals surface area contributed by atoms with Crippen LogP contribution >= 0.6 is 0 Å². The van der Waals surface area contributed by atoms with Crippen LogP contribution in [0.1, 0.15) is 37.5 Å². The van der Waals surface area contributed by atoms with Crippen molar-refractivity contribution in [3.63, 3.8) is 0 Å². The second-order valence-electron chi connectivity index (χ2n) is 8.06. The summed E-state index contributed by atoms with van der Waals surface area (Å²) in [6, 6.07) is 13.4. The minimum atomic E-state index is 0.